The van der Waals surface area contributed by atoms with E-state index in [-0.39, 0.29) is 5.78 Å². The summed E-state index contributed by atoms with van der Waals surface area (Å²) in [6, 6.07) is 9.37. The van der Waals surface area contributed by atoms with E-state index in [1.54, 1.807) is 0 Å². The Balaban J connectivity index is 2.54. The van der Waals surface area contributed by atoms with E-state index in [4.69, 9.17) is 0 Å². The molecule has 12 heavy (non-hydrogen) atoms. The molecule has 0 fully saturated rings. The molecule has 0 amide bonds. The molecular weight excluding hydrogens is 168 g/mol. The van der Waals surface area contributed by atoms with E-state index in [1.165, 1.54) is 0 Å². The first-order valence-electron chi connectivity index (χ1n) is 4.03. The fourth-order valence-electron chi connectivity index (χ4n) is 1.01. The first kappa shape index (κ1) is 9.33. The standard InChI is InChI=1S/C10H12OS/c11-10(7-4-8-12)9-5-2-1-3-6-9/h1-3,5-6,12H,4,7-8H2. The first-order valence-corrected chi connectivity index (χ1v) is 4.67. The van der Waals surface area contributed by atoms with Gasteiger partial charge in [0.2, 0.25) is 0 Å². The summed E-state index contributed by atoms with van der Waals surface area (Å²) in [6.45, 7) is 0. The van der Waals surface area contributed by atoms with E-state index >= 15 is 0 Å². The molecule has 2 heteroatoms. The minimum Gasteiger partial charge on any atom is -0.294 e. The Morgan fingerprint density at radius 1 is 1.25 bits per heavy atom. The Kier molecular flexibility index (Phi) is 3.88. The van der Waals surface area contributed by atoms with E-state index in [2.05, 4.69) is 12.6 Å². The van der Waals surface area contributed by atoms with Crippen LogP contribution in [-0.2, 0) is 0 Å². The SMILES string of the molecule is O=C(CCCS)c1ccccc1. The second-order valence-electron chi connectivity index (χ2n) is 2.62. The van der Waals surface area contributed by atoms with Crippen molar-refractivity contribution in [1.29, 1.82) is 0 Å². The van der Waals surface area contributed by atoms with Crippen molar-refractivity contribution in [2.45, 2.75) is 12.8 Å². The molecule has 0 aliphatic carbocycles. The summed E-state index contributed by atoms with van der Waals surface area (Å²) >= 11 is 4.06. The van der Waals surface area contributed by atoms with Gasteiger partial charge in [0, 0.05) is 12.0 Å². The number of hydrogen-bond donors (Lipinski definition) is 1. The molecule has 0 N–H and O–H groups in total. The fourth-order valence-corrected chi connectivity index (χ4v) is 1.17. The highest BCUT2D eigenvalue weighted by Gasteiger charge is 2.02. The van der Waals surface area contributed by atoms with Crippen LogP contribution in [0.3, 0.4) is 0 Å². The summed E-state index contributed by atoms with van der Waals surface area (Å²) < 4.78 is 0. The van der Waals surface area contributed by atoms with Crippen molar-refractivity contribution >= 4 is 18.4 Å². The molecular formula is C10H12OS. The Morgan fingerprint density at radius 2 is 1.92 bits per heavy atom. The molecule has 0 aromatic heterocycles. The van der Waals surface area contributed by atoms with Gasteiger partial charge in [-0.3, -0.25) is 4.79 Å². The zero-order chi connectivity index (χ0) is 8.81. The summed E-state index contributed by atoms with van der Waals surface area (Å²) in [5.74, 6) is 0.989. The smallest absolute Gasteiger partial charge is 0.162 e. The summed E-state index contributed by atoms with van der Waals surface area (Å²) in [5.41, 5.74) is 0.805. The number of ketones is 1. The van der Waals surface area contributed by atoms with E-state index in [0.717, 1.165) is 17.7 Å². The number of carbonyl (C=O) groups excluding carboxylic acids is 1. The second-order valence-corrected chi connectivity index (χ2v) is 3.06. The van der Waals surface area contributed by atoms with Crippen LogP contribution in [0.25, 0.3) is 0 Å². The van der Waals surface area contributed by atoms with Gasteiger partial charge in [-0.15, -0.1) is 0 Å². The number of benzene rings is 1. The molecule has 0 aliphatic rings. The van der Waals surface area contributed by atoms with Gasteiger partial charge in [-0.05, 0) is 12.2 Å². The quantitative estimate of drug-likeness (QED) is 0.556. The zero-order valence-corrected chi connectivity index (χ0v) is 7.76. The predicted octanol–water partition coefficient (Wildman–Crippen LogP) is 2.58. The van der Waals surface area contributed by atoms with Crippen LogP contribution in [0.2, 0.25) is 0 Å². The average molecular weight is 180 g/mol. The number of Topliss-reactive ketones (excluding diaryl/α,β-unsaturated/α-hetero) is 1. The number of thiol groups is 1. The Labute approximate surface area is 78.2 Å². The lowest BCUT2D eigenvalue weighted by Gasteiger charge is -1.97. The van der Waals surface area contributed by atoms with Gasteiger partial charge in [-0.2, -0.15) is 12.6 Å². The van der Waals surface area contributed by atoms with Gasteiger partial charge in [0.1, 0.15) is 0 Å². The van der Waals surface area contributed by atoms with Crippen LogP contribution in [0.15, 0.2) is 30.3 Å². The molecule has 1 nitrogen and oxygen atoms in total. The third-order valence-corrected chi connectivity index (χ3v) is 1.97. The molecule has 0 bridgehead atoms. The largest absolute Gasteiger partial charge is 0.294 e. The second kappa shape index (κ2) is 4.99. The molecule has 0 saturated heterocycles. The van der Waals surface area contributed by atoms with Gasteiger partial charge in [0.25, 0.3) is 0 Å². The van der Waals surface area contributed by atoms with Crippen molar-refractivity contribution in [3.63, 3.8) is 0 Å². The van der Waals surface area contributed by atoms with Crippen LogP contribution >= 0.6 is 12.6 Å². The Bertz CT molecular complexity index is 243. The van der Waals surface area contributed by atoms with Crippen LogP contribution in [-0.4, -0.2) is 11.5 Å². The molecule has 1 aromatic carbocycles. The number of rotatable bonds is 4. The molecule has 64 valence electrons. The predicted molar refractivity (Wildman–Crippen MR) is 53.9 cm³/mol. The molecule has 0 atom stereocenters. The van der Waals surface area contributed by atoms with Gasteiger partial charge in [-0.25, -0.2) is 0 Å². The third kappa shape index (κ3) is 2.70. The molecule has 0 saturated carbocycles. The van der Waals surface area contributed by atoms with Crippen molar-refractivity contribution in [1.82, 2.24) is 0 Å². The molecule has 0 heterocycles. The van der Waals surface area contributed by atoms with Crippen LogP contribution in [0, 0.1) is 0 Å². The maximum Gasteiger partial charge on any atom is 0.162 e. The topological polar surface area (TPSA) is 17.1 Å². The summed E-state index contributed by atoms with van der Waals surface area (Å²) in [4.78, 5) is 11.4. The summed E-state index contributed by atoms with van der Waals surface area (Å²) in [7, 11) is 0. The Hall–Kier alpha value is -0.760. The van der Waals surface area contributed by atoms with E-state index in [9.17, 15) is 4.79 Å². The maximum absolute atomic E-state index is 11.4. The lowest BCUT2D eigenvalue weighted by molar-refractivity contribution is 0.0982. The number of carbonyl (C=O) groups is 1. The monoisotopic (exact) mass is 180 g/mol. The van der Waals surface area contributed by atoms with Crippen LogP contribution < -0.4 is 0 Å². The minimum absolute atomic E-state index is 0.213. The highest BCUT2D eigenvalue weighted by atomic mass is 32.1. The third-order valence-electron chi connectivity index (χ3n) is 1.66. The van der Waals surface area contributed by atoms with Crippen molar-refractivity contribution in [2.75, 3.05) is 5.75 Å². The highest BCUT2D eigenvalue weighted by Crippen LogP contribution is 2.04. The van der Waals surface area contributed by atoms with Gasteiger partial charge in [0.15, 0.2) is 5.78 Å². The molecule has 0 radical (unpaired) electrons. The molecule has 1 aromatic rings. The molecule has 1 rings (SSSR count). The van der Waals surface area contributed by atoms with Gasteiger partial charge < -0.3 is 0 Å². The highest BCUT2D eigenvalue weighted by molar-refractivity contribution is 7.80. The average Bonchev–Trinajstić information content (AvgIpc) is 2.15. The van der Waals surface area contributed by atoms with Crippen molar-refractivity contribution in [3.8, 4) is 0 Å². The molecule has 0 unspecified atom stereocenters. The van der Waals surface area contributed by atoms with Gasteiger partial charge in [0.05, 0.1) is 0 Å². The van der Waals surface area contributed by atoms with E-state index in [0.29, 0.717) is 6.42 Å². The van der Waals surface area contributed by atoms with E-state index in [1.807, 2.05) is 30.3 Å². The lowest BCUT2D eigenvalue weighted by Crippen LogP contribution is -1.98. The zero-order valence-electron chi connectivity index (χ0n) is 6.86. The van der Waals surface area contributed by atoms with Gasteiger partial charge >= 0.3 is 0 Å². The Morgan fingerprint density at radius 3 is 2.50 bits per heavy atom. The number of hydrogen-bond acceptors (Lipinski definition) is 2. The van der Waals surface area contributed by atoms with Crippen molar-refractivity contribution in [2.24, 2.45) is 0 Å². The van der Waals surface area contributed by atoms with Crippen molar-refractivity contribution < 1.29 is 4.79 Å². The lowest BCUT2D eigenvalue weighted by atomic mass is 10.1. The van der Waals surface area contributed by atoms with Crippen molar-refractivity contribution in [3.05, 3.63) is 35.9 Å². The van der Waals surface area contributed by atoms with Crippen LogP contribution in [0.1, 0.15) is 23.2 Å². The molecule has 0 aliphatic heterocycles. The molecule has 0 spiro atoms. The summed E-state index contributed by atoms with van der Waals surface area (Å²) in [5, 5.41) is 0. The van der Waals surface area contributed by atoms with E-state index < -0.39 is 0 Å². The van der Waals surface area contributed by atoms with Crippen LogP contribution in [0.4, 0.5) is 0 Å². The summed E-state index contributed by atoms with van der Waals surface area (Å²) in [6.07, 6.45) is 1.46. The minimum atomic E-state index is 0.213. The van der Waals surface area contributed by atoms with Crippen LogP contribution in [0.5, 0.6) is 0 Å². The maximum atomic E-state index is 11.4. The normalized spacial score (nSPS) is 9.75. The first-order chi connectivity index (χ1) is 5.84. The van der Waals surface area contributed by atoms with Gasteiger partial charge in [-0.1, -0.05) is 30.3 Å². The fraction of sp³-hybridized carbons (Fsp3) is 0.300.